The van der Waals surface area contributed by atoms with Crippen LogP contribution in [0.4, 0.5) is 11.6 Å². The van der Waals surface area contributed by atoms with Gasteiger partial charge in [0.2, 0.25) is 11.9 Å². The number of carbonyl (C=O) groups is 3. The van der Waals surface area contributed by atoms with Crippen molar-refractivity contribution in [3.05, 3.63) is 75.5 Å². The van der Waals surface area contributed by atoms with Gasteiger partial charge in [-0.05, 0) is 49.1 Å². The molecule has 0 spiro atoms. The van der Waals surface area contributed by atoms with E-state index in [1.807, 2.05) is 24.3 Å². The van der Waals surface area contributed by atoms with Crippen LogP contribution >= 0.6 is 23.2 Å². The first-order valence-corrected chi connectivity index (χ1v) is 12.4. The summed E-state index contributed by atoms with van der Waals surface area (Å²) < 4.78 is 1.61. The maximum atomic E-state index is 14.1. The molecule has 1 aliphatic carbocycles. The highest BCUT2D eigenvalue weighted by Gasteiger charge is 2.53. The monoisotopic (exact) mass is 538 g/mol. The summed E-state index contributed by atoms with van der Waals surface area (Å²) in [6.45, 7) is 1.76. The quantitative estimate of drug-likeness (QED) is 0.446. The molecule has 1 atom stereocenters. The molecule has 0 saturated heterocycles. The fraction of sp³-hybridized carbons (Fsp3) is 0.269. The zero-order valence-corrected chi connectivity index (χ0v) is 21.7. The van der Waals surface area contributed by atoms with Crippen LogP contribution in [0.2, 0.25) is 10.0 Å². The fourth-order valence-electron chi connectivity index (χ4n) is 4.74. The number of benzene rings is 2. The largest absolute Gasteiger partial charge is 0.368 e. The molecule has 2 aliphatic rings. The Balaban J connectivity index is 1.60. The number of fused-ring (bicyclic) bond motifs is 1. The van der Waals surface area contributed by atoms with Gasteiger partial charge in [-0.1, -0.05) is 47.5 Å². The third kappa shape index (κ3) is 4.28. The topological polar surface area (TPSA) is 123 Å². The number of primary amides is 1. The van der Waals surface area contributed by atoms with Crippen molar-refractivity contribution < 1.29 is 14.4 Å². The van der Waals surface area contributed by atoms with Crippen LogP contribution in [0.15, 0.2) is 53.7 Å². The van der Waals surface area contributed by atoms with E-state index in [2.05, 4.69) is 15.3 Å². The predicted molar refractivity (Wildman–Crippen MR) is 142 cm³/mol. The molecule has 11 heteroatoms. The summed E-state index contributed by atoms with van der Waals surface area (Å²) in [6, 6.07) is 12.4. The van der Waals surface area contributed by atoms with Crippen molar-refractivity contribution in [2.45, 2.75) is 37.3 Å². The SMILES string of the molecule is CN=Cc1ccc(CC2(C)C(=O)N(c3cc(Cl)cc(Cl)c3)c3ncc(C(=O)NC4(C(N)=O)CC4)n32)cc1. The van der Waals surface area contributed by atoms with E-state index in [0.29, 0.717) is 28.6 Å². The molecular formula is C26H24Cl2N6O3. The van der Waals surface area contributed by atoms with Crippen molar-refractivity contribution in [1.82, 2.24) is 14.9 Å². The maximum absolute atomic E-state index is 14.1. The highest BCUT2D eigenvalue weighted by Crippen LogP contribution is 2.44. The first-order valence-electron chi connectivity index (χ1n) is 11.6. The Hall–Kier alpha value is -3.69. The summed E-state index contributed by atoms with van der Waals surface area (Å²) in [4.78, 5) is 49.2. The number of nitrogens with one attached hydrogen (secondary N) is 1. The second-order valence-corrected chi connectivity index (χ2v) is 10.4. The van der Waals surface area contributed by atoms with Crippen molar-refractivity contribution >= 4 is 58.8 Å². The Labute approximate surface area is 223 Å². The van der Waals surface area contributed by atoms with E-state index < -0.39 is 22.9 Å². The van der Waals surface area contributed by atoms with Crippen molar-refractivity contribution in [2.24, 2.45) is 10.7 Å². The Morgan fingerprint density at radius 1 is 1.16 bits per heavy atom. The Morgan fingerprint density at radius 2 is 1.81 bits per heavy atom. The first kappa shape index (κ1) is 25.0. The van der Waals surface area contributed by atoms with Crippen LogP contribution in [-0.4, -0.2) is 46.1 Å². The molecule has 3 amide bonds. The lowest BCUT2D eigenvalue weighted by molar-refractivity contribution is -0.124. The Morgan fingerprint density at radius 3 is 2.38 bits per heavy atom. The zero-order valence-electron chi connectivity index (χ0n) is 20.2. The molecular weight excluding hydrogens is 515 g/mol. The minimum atomic E-state index is -1.23. The van der Waals surface area contributed by atoms with Crippen molar-refractivity contribution in [3.63, 3.8) is 0 Å². The molecule has 37 heavy (non-hydrogen) atoms. The van der Waals surface area contributed by atoms with Gasteiger partial charge in [0.25, 0.3) is 11.8 Å². The van der Waals surface area contributed by atoms with Crippen molar-refractivity contribution in [1.29, 1.82) is 0 Å². The van der Waals surface area contributed by atoms with Gasteiger partial charge in [-0.15, -0.1) is 0 Å². The summed E-state index contributed by atoms with van der Waals surface area (Å²) in [5.74, 6) is -1.19. The molecule has 5 rings (SSSR count). The number of nitrogens with zero attached hydrogens (tertiary/aromatic N) is 4. The number of nitrogens with two attached hydrogens (primary N) is 1. The van der Waals surface area contributed by atoms with Gasteiger partial charge in [0.05, 0.1) is 11.9 Å². The summed E-state index contributed by atoms with van der Waals surface area (Å²) >= 11 is 12.5. The molecule has 1 aliphatic heterocycles. The van der Waals surface area contributed by atoms with E-state index in [-0.39, 0.29) is 24.0 Å². The van der Waals surface area contributed by atoms with Crippen molar-refractivity contribution in [3.8, 4) is 0 Å². The number of aromatic nitrogens is 2. The van der Waals surface area contributed by atoms with Crippen LogP contribution in [0.25, 0.3) is 0 Å². The van der Waals surface area contributed by atoms with Gasteiger partial charge in [-0.3, -0.25) is 23.9 Å². The third-order valence-corrected chi connectivity index (χ3v) is 7.26. The molecule has 2 heterocycles. The molecule has 2 aromatic carbocycles. The van der Waals surface area contributed by atoms with Crippen LogP contribution in [0.1, 0.15) is 41.4 Å². The molecule has 1 fully saturated rings. The number of hydrogen-bond donors (Lipinski definition) is 2. The summed E-state index contributed by atoms with van der Waals surface area (Å²) in [6.07, 6.45) is 4.33. The van der Waals surface area contributed by atoms with Crippen LogP contribution in [-0.2, 0) is 21.5 Å². The van der Waals surface area contributed by atoms with Gasteiger partial charge in [0.1, 0.15) is 16.8 Å². The summed E-state index contributed by atoms with van der Waals surface area (Å²) in [5, 5.41) is 3.45. The predicted octanol–water partition coefficient (Wildman–Crippen LogP) is 3.62. The van der Waals surface area contributed by atoms with Gasteiger partial charge in [0, 0.05) is 29.7 Å². The van der Waals surface area contributed by atoms with Gasteiger partial charge >= 0.3 is 0 Å². The fourth-order valence-corrected chi connectivity index (χ4v) is 5.25. The number of imidazole rings is 1. The van der Waals surface area contributed by atoms with Gasteiger partial charge < -0.3 is 11.1 Å². The number of hydrogen-bond acceptors (Lipinski definition) is 5. The molecule has 9 nitrogen and oxygen atoms in total. The minimum absolute atomic E-state index is 0.142. The molecule has 1 unspecified atom stereocenters. The lowest BCUT2D eigenvalue weighted by Crippen LogP contribution is -2.48. The van der Waals surface area contributed by atoms with E-state index in [4.69, 9.17) is 28.9 Å². The lowest BCUT2D eigenvalue weighted by Gasteiger charge is -2.27. The number of aliphatic imine (C=N–C) groups is 1. The second-order valence-electron chi connectivity index (χ2n) is 9.53. The average Bonchev–Trinajstić information content (AvgIpc) is 3.43. The van der Waals surface area contributed by atoms with Crippen LogP contribution < -0.4 is 16.0 Å². The van der Waals surface area contributed by atoms with E-state index in [9.17, 15) is 14.4 Å². The third-order valence-electron chi connectivity index (χ3n) is 6.82. The van der Waals surface area contributed by atoms with Crippen LogP contribution in [0, 0.1) is 0 Å². The Bertz CT molecular complexity index is 1440. The van der Waals surface area contributed by atoms with Gasteiger partial charge in [-0.2, -0.15) is 0 Å². The lowest BCUT2D eigenvalue weighted by atomic mass is 9.91. The van der Waals surface area contributed by atoms with Crippen LogP contribution in [0.3, 0.4) is 0 Å². The number of carbonyl (C=O) groups excluding carboxylic acids is 3. The van der Waals surface area contributed by atoms with Gasteiger partial charge in [0.15, 0.2) is 0 Å². The maximum Gasteiger partial charge on any atom is 0.270 e. The average molecular weight is 539 g/mol. The number of halogens is 2. The highest BCUT2D eigenvalue weighted by atomic mass is 35.5. The van der Waals surface area contributed by atoms with E-state index in [1.165, 1.54) is 11.1 Å². The molecule has 0 bridgehead atoms. The van der Waals surface area contributed by atoms with Gasteiger partial charge in [-0.25, -0.2) is 9.88 Å². The summed E-state index contributed by atoms with van der Waals surface area (Å²) in [7, 11) is 1.69. The number of rotatable bonds is 7. The smallest absolute Gasteiger partial charge is 0.270 e. The zero-order chi connectivity index (χ0) is 26.5. The minimum Gasteiger partial charge on any atom is -0.368 e. The van der Waals surface area contributed by atoms with Crippen molar-refractivity contribution in [2.75, 3.05) is 11.9 Å². The molecule has 3 aromatic rings. The Kier molecular flexibility index (Phi) is 6.08. The van der Waals surface area contributed by atoms with E-state index in [1.54, 1.807) is 43.0 Å². The summed E-state index contributed by atoms with van der Waals surface area (Å²) in [5.41, 5.74) is 5.58. The molecule has 190 valence electrons. The van der Waals surface area contributed by atoms with Crippen LogP contribution in [0.5, 0.6) is 0 Å². The second kappa shape index (κ2) is 9.00. The first-order chi connectivity index (χ1) is 17.6. The van der Waals surface area contributed by atoms with E-state index in [0.717, 1.165) is 11.1 Å². The highest BCUT2D eigenvalue weighted by molar-refractivity contribution is 6.35. The molecule has 0 radical (unpaired) electrons. The molecule has 1 aromatic heterocycles. The molecule has 1 saturated carbocycles. The molecule has 3 N–H and O–H groups in total. The number of amides is 3. The normalized spacial score (nSPS) is 19.8. The standard InChI is InChI=1S/C26H24Cl2N6O3/c1-25(12-15-3-5-16(6-4-15)13-30-2)23(37)33(19-10-17(27)9-18(28)11-19)24-31-14-20(34(24)25)21(35)32-26(7-8-26)22(29)36/h3-6,9-11,13-14H,7-8,12H2,1-2H3,(H2,29,36)(H,32,35). The number of anilines is 2. The van der Waals surface area contributed by atoms with E-state index >= 15 is 0 Å².